The first-order valence-electron chi connectivity index (χ1n) is 9.51. The lowest BCUT2D eigenvalue weighted by Crippen LogP contribution is -2.81. The molecule has 1 aromatic rings. The summed E-state index contributed by atoms with van der Waals surface area (Å²) in [6, 6.07) is 4.28. The largest absolute Gasteiger partial charge is 0.466 e. The predicted octanol–water partition coefficient (Wildman–Crippen LogP) is 2.89. The van der Waals surface area contributed by atoms with Crippen molar-refractivity contribution in [1.82, 2.24) is 5.32 Å². The van der Waals surface area contributed by atoms with E-state index < -0.39 is 72.3 Å². The molecule has 3 N–H and O–H groups in total. The Morgan fingerprint density at radius 1 is 0.970 bits per heavy atom. The monoisotopic (exact) mass is 507 g/mol. The summed E-state index contributed by atoms with van der Waals surface area (Å²) in [5, 5.41) is 21.6. The number of carbonyl (C=O) groups is 2. The Bertz CT molecular complexity index is 848. The second kappa shape index (κ2) is 9.28. The van der Waals surface area contributed by atoms with E-state index in [0.717, 1.165) is 18.2 Å². The molecule has 4 atom stereocenters. The second-order valence-corrected chi connectivity index (χ2v) is 7.63. The van der Waals surface area contributed by atoms with Gasteiger partial charge in [0.2, 0.25) is 11.4 Å². The number of aliphatic hydroxyl groups is 2. The topological polar surface area (TPSA) is 105 Å². The number of halogens is 7. The number of piperidine rings is 1. The van der Waals surface area contributed by atoms with Gasteiger partial charge in [-0.15, -0.1) is 0 Å². The Kier molecular flexibility index (Phi) is 7.63. The molecule has 1 aromatic carbocycles. The van der Waals surface area contributed by atoms with Crippen LogP contribution in [0.5, 0.6) is 0 Å². The van der Waals surface area contributed by atoms with E-state index in [0.29, 0.717) is 5.32 Å². The summed E-state index contributed by atoms with van der Waals surface area (Å²) in [5.74, 6) is -11.7. The lowest BCUT2D eigenvalue weighted by atomic mass is 9.64. The van der Waals surface area contributed by atoms with Crippen LogP contribution in [0.3, 0.4) is 0 Å². The number of alkyl halides is 6. The first kappa shape index (κ1) is 27.2. The molecule has 7 nitrogen and oxygen atoms in total. The zero-order valence-corrected chi connectivity index (χ0v) is 17.9. The number of hydrogen-bond donors (Lipinski definition) is 3. The Hall–Kier alpha value is -2.09. The molecule has 0 saturated carbocycles. The molecule has 33 heavy (non-hydrogen) atoms. The zero-order chi connectivity index (χ0) is 25.4. The van der Waals surface area contributed by atoms with E-state index in [1.807, 2.05) is 0 Å². The molecule has 1 fully saturated rings. The van der Waals surface area contributed by atoms with Gasteiger partial charge in [0.15, 0.2) is 0 Å². The maximum absolute atomic E-state index is 14.0. The van der Waals surface area contributed by atoms with Gasteiger partial charge in [-0.2, -0.15) is 26.3 Å². The molecule has 0 radical (unpaired) electrons. The number of ether oxygens (including phenoxy) is 2. The molecule has 0 aromatic heterocycles. The molecule has 1 heterocycles. The van der Waals surface area contributed by atoms with Crippen molar-refractivity contribution in [1.29, 1.82) is 0 Å². The smallest absolute Gasteiger partial charge is 0.432 e. The van der Waals surface area contributed by atoms with Crippen molar-refractivity contribution in [2.24, 2.45) is 11.8 Å². The van der Waals surface area contributed by atoms with Gasteiger partial charge in [-0.25, -0.2) is 5.32 Å². The predicted molar refractivity (Wildman–Crippen MR) is 99.6 cm³/mol. The fraction of sp³-hybridized carbons (Fsp3) is 0.579. The van der Waals surface area contributed by atoms with E-state index in [4.69, 9.17) is 11.6 Å². The van der Waals surface area contributed by atoms with E-state index in [1.54, 1.807) is 0 Å². The Labute approximate surface area is 188 Å². The minimum atomic E-state index is -5.94. The lowest BCUT2D eigenvalue weighted by molar-refractivity contribution is -0.376. The highest BCUT2D eigenvalue weighted by Gasteiger charge is 2.78. The molecule has 1 saturated heterocycles. The van der Waals surface area contributed by atoms with Crippen LogP contribution in [0.2, 0.25) is 5.02 Å². The fourth-order valence-electron chi connectivity index (χ4n) is 3.85. The molecular formula is C19H20ClF6NO6. The molecule has 1 aliphatic rings. The minimum absolute atomic E-state index is 0.164. The maximum Gasteiger partial charge on any atom is 0.432 e. The maximum atomic E-state index is 14.0. The Balaban J connectivity index is 2.97. The summed E-state index contributed by atoms with van der Waals surface area (Å²) in [6.07, 6.45) is -11.9. The Morgan fingerprint density at radius 3 is 1.73 bits per heavy atom. The molecule has 0 spiro atoms. The van der Waals surface area contributed by atoms with Crippen molar-refractivity contribution < 1.29 is 55.6 Å². The molecule has 2 rings (SSSR count). The number of nitrogens with one attached hydrogen (secondary N) is 1. The molecular weight excluding hydrogens is 488 g/mol. The van der Waals surface area contributed by atoms with E-state index >= 15 is 0 Å². The summed E-state index contributed by atoms with van der Waals surface area (Å²) >= 11 is 5.85. The van der Waals surface area contributed by atoms with Gasteiger partial charge >= 0.3 is 24.3 Å². The normalized spacial score (nSPS) is 30.6. The van der Waals surface area contributed by atoms with Gasteiger partial charge in [0.05, 0.1) is 13.2 Å². The summed E-state index contributed by atoms with van der Waals surface area (Å²) in [5.41, 5.74) is -9.82. The van der Waals surface area contributed by atoms with Gasteiger partial charge < -0.3 is 19.7 Å². The fourth-order valence-corrected chi connectivity index (χ4v) is 4.05. The first-order chi connectivity index (χ1) is 15.0. The van der Waals surface area contributed by atoms with Crippen LogP contribution in [0, 0.1) is 11.8 Å². The van der Waals surface area contributed by atoms with Crippen LogP contribution in [-0.4, -0.2) is 59.2 Å². The van der Waals surface area contributed by atoms with Crippen LogP contribution in [0.15, 0.2) is 24.3 Å². The third kappa shape index (κ3) is 4.77. The van der Waals surface area contributed by atoms with Crippen LogP contribution in [-0.2, 0) is 19.1 Å². The zero-order valence-electron chi connectivity index (χ0n) is 17.1. The van der Waals surface area contributed by atoms with E-state index in [1.165, 1.54) is 19.9 Å². The number of benzene rings is 1. The SMILES string of the molecule is CCOC(=O)C1C(c2cccc(Cl)c2)C(C(=O)OCC)C(O)(C(F)(F)F)NC1(O)C(F)(F)F. The highest BCUT2D eigenvalue weighted by atomic mass is 35.5. The van der Waals surface area contributed by atoms with Gasteiger partial charge in [-0.3, -0.25) is 9.59 Å². The van der Waals surface area contributed by atoms with Gasteiger partial charge in [-0.1, -0.05) is 23.7 Å². The first-order valence-corrected chi connectivity index (χ1v) is 9.89. The third-order valence-electron chi connectivity index (χ3n) is 5.18. The van der Waals surface area contributed by atoms with E-state index in [9.17, 15) is 46.1 Å². The highest BCUT2D eigenvalue weighted by molar-refractivity contribution is 6.30. The number of esters is 2. The summed E-state index contributed by atoms with van der Waals surface area (Å²) < 4.78 is 93.3. The quantitative estimate of drug-likeness (QED) is 0.416. The molecule has 1 aliphatic heterocycles. The number of rotatable bonds is 5. The van der Waals surface area contributed by atoms with Crippen molar-refractivity contribution in [3.63, 3.8) is 0 Å². The summed E-state index contributed by atoms with van der Waals surface area (Å²) in [4.78, 5) is 25.3. The standard InChI is InChI=1S/C19H20ClF6NO6/c1-3-32-14(28)12-11(9-6-5-7-10(20)8-9)13(15(29)33-4-2)17(31,19(24,25)26)27-16(12,30)18(21,22)23/h5-8,11-13,27,30-31H,3-4H2,1-2H3. The van der Waals surface area contributed by atoms with Crippen molar-refractivity contribution in [2.45, 2.75) is 43.6 Å². The molecule has 14 heteroatoms. The molecule has 4 unspecified atom stereocenters. The molecule has 0 aliphatic carbocycles. The van der Waals surface area contributed by atoms with Crippen LogP contribution < -0.4 is 5.32 Å². The average molecular weight is 508 g/mol. The molecule has 0 bridgehead atoms. The summed E-state index contributed by atoms with van der Waals surface area (Å²) in [6.45, 7) is 1.42. The molecule has 186 valence electrons. The van der Waals surface area contributed by atoms with Crippen molar-refractivity contribution >= 4 is 23.5 Å². The van der Waals surface area contributed by atoms with Gasteiger partial charge in [-0.05, 0) is 31.5 Å². The van der Waals surface area contributed by atoms with Gasteiger partial charge in [0.1, 0.15) is 11.8 Å². The van der Waals surface area contributed by atoms with E-state index in [2.05, 4.69) is 9.47 Å². The highest BCUT2D eigenvalue weighted by Crippen LogP contribution is 2.55. The average Bonchev–Trinajstić information content (AvgIpc) is 2.65. The van der Waals surface area contributed by atoms with Crippen LogP contribution >= 0.6 is 11.6 Å². The lowest BCUT2D eigenvalue weighted by Gasteiger charge is -2.54. The number of hydrogen-bond acceptors (Lipinski definition) is 7. The third-order valence-corrected chi connectivity index (χ3v) is 5.41. The van der Waals surface area contributed by atoms with Crippen LogP contribution in [0.1, 0.15) is 25.3 Å². The molecule has 0 amide bonds. The van der Waals surface area contributed by atoms with Gasteiger partial charge in [0.25, 0.3) is 0 Å². The van der Waals surface area contributed by atoms with Crippen LogP contribution in [0.25, 0.3) is 0 Å². The minimum Gasteiger partial charge on any atom is -0.466 e. The van der Waals surface area contributed by atoms with Crippen molar-refractivity contribution in [2.75, 3.05) is 13.2 Å². The Morgan fingerprint density at radius 2 is 1.39 bits per heavy atom. The van der Waals surface area contributed by atoms with Crippen molar-refractivity contribution in [3.05, 3.63) is 34.9 Å². The van der Waals surface area contributed by atoms with Crippen molar-refractivity contribution in [3.8, 4) is 0 Å². The second-order valence-electron chi connectivity index (χ2n) is 7.19. The van der Waals surface area contributed by atoms with Crippen LogP contribution in [0.4, 0.5) is 26.3 Å². The van der Waals surface area contributed by atoms with Gasteiger partial charge in [0, 0.05) is 10.9 Å². The van der Waals surface area contributed by atoms with E-state index in [-0.39, 0.29) is 5.02 Å². The number of carbonyl (C=O) groups excluding carboxylic acids is 2. The summed E-state index contributed by atoms with van der Waals surface area (Å²) in [7, 11) is 0.